The molecule has 2 aromatic carbocycles. The fourth-order valence-electron chi connectivity index (χ4n) is 3.21. The maximum Gasteiger partial charge on any atom is 0.362 e. The predicted molar refractivity (Wildman–Crippen MR) is 117 cm³/mol. The molecule has 0 saturated carbocycles. The van der Waals surface area contributed by atoms with Crippen LogP contribution in [0, 0.1) is 5.82 Å². The van der Waals surface area contributed by atoms with Gasteiger partial charge in [0, 0.05) is 5.41 Å². The monoisotopic (exact) mass is 408 g/mol. The van der Waals surface area contributed by atoms with Crippen LogP contribution in [0.3, 0.4) is 0 Å². The first kappa shape index (κ1) is 21.8. The molecule has 0 aliphatic rings. The van der Waals surface area contributed by atoms with Gasteiger partial charge in [0.1, 0.15) is 17.3 Å². The third-order valence-corrected chi connectivity index (χ3v) is 5.12. The van der Waals surface area contributed by atoms with E-state index >= 15 is 0 Å². The van der Waals surface area contributed by atoms with Crippen molar-refractivity contribution >= 4 is 5.97 Å². The van der Waals surface area contributed by atoms with Gasteiger partial charge >= 0.3 is 5.97 Å². The summed E-state index contributed by atoms with van der Waals surface area (Å²) in [6, 6.07) is 13.9. The first-order chi connectivity index (χ1) is 14.2. The van der Waals surface area contributed by atoms with Crippen LogP contribution < -0.4 is 4.74 Å². The SMILES string of the molecule is CCc1ccc(OC(=O)c2cc(C(C)(C)C)nn2Cc2ccc(F)cc2)c(CC)c1. The molecule has 0 aliphatic carbocycles. The lowest BCUT2D eigenvalue weighted by Gasteiger charge is -2.14. The Morgan fingerprint density at radius 1 is 1.00 bits per heavy atom. The number of aryl methyl sites for hydroxylation is 2. The summed E-state index contributed by atoms with van der Waals surface area (Å²) < 4.78 is 20.7. The van der Waals surface area contributed by atoms with Gasteiger partial charge in [-0.1, -0.05) is 58.9 Å². The third-order valence-electron chi connectivity index (χ3n) is 5.12. The van der Waals surface area contributed by atoms with Crippen LogP contribution in [0.1, 0.15) is 67.5 Å². The van der Waals surface area contributed by atoms with Crippen LogP contribution in [-0.2, 0) is 24.8 Å². The van der Waals surface area contributed by atoms with Crippen molar-refractivity contribution < 1.29 is 13.9 Å². The van der Waals surface area contributed by atoms with E-state index in [4.69, 9.17) is 4.74 Å². The first-order valence-electron chi connectivity index (χ1n) is 10.4. The zero-order valence-electron chi connectivity index (χ0n) is 18.3. The number of aromatic nitrogens is 2. The van der Waals surface area contributed by atoms with Crippen LogP contribution in [0.2, 0.25) is 0 Å². The number of carbonyl (C=O) groups is 1. The van der Waals surface area contributed by atoms with E-state index in [-0.39, 0.29) is 11.2 Å². The smallest absolute Gasteiger partial charge is 0.362 e. The number of halogens is 1. The topological polar surface area (TPSA) is 44.1 Å². The Kier molecular flexibility index (Phi) is 6.40. The Balaban J connectivity index is 1.94. The van der Waals surface area contributed by atoms with E-state index in [1.807, 2.05) is 39.8 Å². The largest absolute Gasteiger partial charge is 0.422 e. The van der Waals surface area contributed by atoms with Crippen LogP contribution >= 0.6 is 0 Å². The second-order valence-electron chi connectivity index (χ2n) is 8.49. The van der Waals surface area contributed by atoms with Crippen molar-refractivity contribution in [3.8, 4) is 5.75 Å². The molecule has 0 N–H and O–H groups in total. The fraction of sp³-hybridized carbons (Fsp3) is 0.360. The molecule has 0 spiro atoms. The Morgan fingerprint density at radius 3 is 2.27 bits per heavy atom. The molecule has 30 heavy (non-hydrogen) atoms. The molecule has 1 heterocycles. The molecule has 5 heteroatoms. The van der Waals surface area contributed by atoms with Crippen molar-refractivity contribution in [1.29, 1.82) is 0 Å². The van der Waals surface area contributed by atoms with Gasteiger partial charge in [0.25, 0.3) is 0 Å². The highest BCUT2D eigenvalue weighted by molar-refractivity contribution is 5.89. The molecule has 158 valence electrons. The molecule has 4 nitrogen and oxygen atoms in total. The van der Waals surface area contributed by atoms with Gasteiger partial charge in [0.2, 0.25) is 0 Å². The van der Waals surface area contributed by atoms with Crippen molar-refractivity contribution in [1.82, 2.24) is 9.78 Å². The minimum atomic E-state index is -0.445. The van der Waals surface area contributed by atoms with E-state index in [0.29, 0.717) is 18.0 Å². The van der Waals surface area contributed by atoms with Crippen molar-refractivity contribution in [2.45, 2.75) is 59.4 Å². The minimum Gasteiger partial charge on any atom is -0.422 e. The molecule has 1 aromatic heterocycles. The number of nitrogens with zero attached hydrogens (tertiary/aromatic N) is 2. The van der Waals surface area contributed by atoms with Gasteiger partial charge in [-0.05, 0) is 53.8 Å². The summed E-state index contributed by atoms with van der Waals surface area (Å²) in [4.78, 5) is 13.1. The summed E-state index contributed by atoms with van der Waals surface area (Å²) in [5.41, 5.74) is 4.03. The lowest BCUT2D eigenvalue weighted by molar-refractivity contribution is 0.0720. The van der Waals surface area contributed by atoms with E-state index in [0.717, 1.165) is 29.7 Å². The fourth-order valence-corrected chi connectivity index (χ4v) is 3.21. The number of hydrogen-bond acceptors (Lipinski definition) is 3. The van der Waals surface area contributed by atoms with Gasteiger partial charge in [-0.15, -0.1) is 0 Å². The molecule has 0 fully saturated rings. The molecule has 3 rings (SSSR count). The normalized spacial score (nSPS) is 11.5. The standard InChI is InChI=1S/C25H29FN2O2/c1-6-17-10-13-22(19(7-2)14-17)30-24(29)21-15-23(25(3,4)5)27-28(21)16-18-8-11-20(26)12-9-18/h8-15H,6-7,16H2,1-5H3. The van der Waals surface area contributed by atoms with Crippen LogP contribution in [0.25, 0.3) is 0 Å². The number of esters is 1. The quantitative estimate of drug-likeness (QED) is 0.387. The van der Waals surface area contributed by atoms with Gasteiger partial charge < -0.3 is 4.74 Å². The molecule has 0 bridgehead atoms. The van der Waals surface area contributed by atoms with Crippen molar-refractivity contribution in [3.63, 3.8) is 0 Å². The molecule has 3 aromatic rings. The van der Waals surface area contributed by atoms with Crippen LogP contribution in [0.5, 0.6) is 5.75 Å². The average molecular weight is 409 g/mol. The summed E-state index contributed by atoms with van der Waals surface area (Å²) in [6.07, 6.45) is 1.71. The van der Waals surface area contributed by atoms with Gasteiger partial charge in [-0.3, -0.25) is 4.68 Å². The lowest BCUT2D eigenvalue weighted by atomic mass is 9.92. The van der Waals surface area contributed by atoms with Gasteiger partial charge in [0.15, 0.2) is 0 Å². The van der Waals surface area contributed by atoms with Crippen molar-refractivity contribution in [2.75, 3.05) is 0 Å². The highest BCUT2D eigenvalue weighted by Crippen LogP contribution is 2.25. The van der Waals surface area contributed by atoms with Crippen molar-refractivity contribution in [3.05, 3.63) is 82.4 Å². The van der Waals surface area contributed by atoms with Crippen LogP contribution in [0.15, 0.2) is 48.5 Å². The molecule has 0 unspecified atom stereocenters. The molecule has 0 saturated heterocycles. The van der Waals surface area contributed by atoms with E-state index in [1.54, 1.807) is 22.9 Å². The predicted octanol–water partition coefficient (Wildman–Crippen LogP) is 5.71. The molecule has 0 radical (unpaired) electrons. The maximum absolute atomic E-state index is 13.3. The van der Waals surface area contributed by atoms with E-state index < -0.39 is 5.97 Å². The number of carbonyl (C=O) groups excluding carboxylic acids is 1. The van der Waals surface area contributed by atoms with E-state index in [2.05, 4.69) is 18.1 Å². The Labute approximate surface area is 177 Å². The summed E-state index contributed by atoms with van der Waals surface area (Å²) in [5.74, 6) is -0.164. The molecule has 0 atom stereocenters. The Hall–Kier alpha value is -2.95. The number of rotatable bonds is 6. The van der Waals surface area contributed by atoms with Gasteiger partial charge in [-0.2, -0.15) is 5.10 Å². The Bertz CT molecular complexity index is 1030. The summed E-state index contributed by atoms with van der Waals surface area (Å²) in [7, 11) is 0. The number of ether oxygens (including phenoxy) is 1. The Morgan fingerprint density at radius 2 is 1.67 bits per heavy atom. The molecule has 0 aliphatic heterocycles. The highest BCUT2D eigenvalue weighted by atomic mass is 19.1. The van der Waals surface area contributed by atoms with Crippen molar-refractivity contribution in [2.24, 2.45) is 0 Å². The third kappa shape index (κ3) is 4.96. The maximum atomic E-state index is 13.3. The van der Waals surface area contributed by atoms with E-state index in [1.165, 1.54) is 17.7 Å². The molecular weight excluding hydrogens is 379 g/mol. The first-order valence-corrected chi connectivity index (χ1v) is 10.4. The minimum absolute atomic E-state index is 0.222. The number of hydrogen-bond donors (Lipinski definition) is 0. The highest BCUT2D eigenvalue weighted by Gasteiger charge is 2.24. The molecule has 0 amide bonds. The number of benzene rings is 2. The zero-order chi connectivity index (χ0) is 21.9. The van der Waals surface area contributed by atoms with Crippen LogP contribution in [-0.4, -0.2) is 15.7 Å². The van der Waals surface area contributed by atoms with Crippen LogP contribution in [0.4, 0.5) is 4.39 Å². The van der Waals surface area contributed by atoms with E-state index in [9.17, 15) is 9.18 Å². The summed E-state index contributed by atoms with van der Waals surface area (Å²) in [6.45, 7) is 10.6. The van der Waals surface area contributed by atoms with Gasteiger partial charge in [0.05, 0.1) is 12.2 Å². The summed E-state index contributed by atoms with van der Waals surface area (Å²) in [5, 5.41) is 4.65. The van der Waals surface area contributed by atoms with Gasteiger partial charge in [-0.25, -0.2) is 9.18 Å². The zero-order valence-corrected chi connectivity index (χ0v) is 18.3. The second-order valence-corrected chi connectivity index (χ2v) is 8.49. The summed E-state index contributed by atoms with van der Waals surface area (Å²) >= 11 is 0. The second kappa shape index (κ2) is 8.82. The lowest BCUT2D eigenvalue weighted by Crippen LogP contribution is -2.17. The molecular formula is C25H29FN2O2. The average Bonchev–Trinajstić information content (AvgIpc) is 3.14.